The standard InChI is InChI=1S/C12H16N2O5S/c1-9-2-5-11(15)8-13(9)20(18,19)12-6-3-10(4-7-12)14(16)17/h3-4,6-7,9,11,15H,2,5,8H2,1H3/t9-,11-/m1/s1. The summed E-state index contributed by atoms with van der Waals surface area (Å²) in [6.07, 6.45) is 0.500. The van der Waals surface area contributed by atoms with Gasteiger partial charge in [-0.25, -0.2) is 8.42 Å². The van der Waals surface area contributed by atoms with Gasteiger partial charge < -0.3 is 5.11 Å². The Bertz CT molecular complexity index is 599. The van der Waals surface area contributed by atoms with Crippen LogP contribution in [0.25, 0.3) is 0 Å². The van der Waals surface area contributed by atoms with Crippen LogP contribution in [0.2, 0.25) is 0 Å². The first-order chi connectivity index (χ1) is 9.32. The summed E-state index contributed by atoms with van der Waals surface area (Å²) in [6.45, 7) is 1.84. The highest BCUT2D eigenvalue weighted by Gasteiger charge is 2.34. The molecule has 8 heteroatoms. The van der Waals surface area contributed by atoms with Crippen molar-refractivity contribution in [1.82, 2.24) is 4.31 Å². The smallest absolute Gasteiger partial charge is 0.269 e. The van der Waals surface area contributed by atoms with E-state index in [0.717, 1.165) is 12.1 Å². The zero-order chi connectivity index (χ0) is 14.9. The molecule has 0 aliphatic carbocycles. The lowest BCUT2D eigenvalue weighted by Crippen LogP contribution is -2.47. The Kier molecular flexibility index (Phi) is 4.07. The molecule has 0 bridgehead atoms. The van der Waals surface area contributed by atoms with Crippen molar-refractivity contribution in [2.24, 2.45) is 0 Å². The van der Waals surface area contributed by atoms with Crippen LogP contribution in [-0.2, 0) is 10.0 Å². The van der Waals surface area contributed by atoms with Gasteiger partial charge in [-0.2, -0.15) is 4.31 Å². The van der Waals surface area contributed by atoms with Crippen LogP contribution in [0.15, 0.2) is 29.2 Å². The molecule has 2 atom stereocenters. The Balaban J connectivity index is 2.31. The second-order valence-electron chi connectivity index (χ2n) is 4.91. The maximum Gasteiger partial charge on any atom is 0.269 e. The van der Waals surface area contributed by atoms with Crippen molar-refractivity contribution in [3.63, 3.8) is 0 Å². The summed E-state index contributed by atoms with van der Waals surface area (Å²) in [5.74, 6) is 0. The number of nitrogens with zero attached hydrogens (tertiary/aromatic N) is 2. The Morgan fingerprint density at radius 1 is 1.30 bits per heavy atom. The molecule has 7 nitrogen and oxygen atoms in total. The molecule has 0 amide bonds. The molecule has 1 saturated heterocycles. The fourth-order valence-corrected chi connectivity index (χ4v) is 3.97. The normalized spacial score (nSPS) is 24.5. The second-order valence-corrected chi connectivity index (χ2v) is 6.80. The van der Waals surface area contributed by atoms with Crippen LogP contribution in [0.3, 0.4) is 0 Å². The van der Waals surface area contributed by atoms with E-state index in [0.29, 0.717) is 12.8 Å². The van der Waals surface area contributed by atoms with Gasteiger partial charge in [0.2, 0.25) is 10.0 Å². The topological polar surface area (TPSA) is 101 Å². The Hall–Kier alpha value is -1.51. The summed E-state index contributed by atoms with van der Waals surface area (Å²) < 4.78 is 26.2. The molecule has 1 fully saturated rings. The number of piperidine rings is 1. The van der Waals surface area contributed by atoms with E-state index in [1.807, 2.05) is 0 Å². The van der Waals surface area contributed by atoms with Crippen LogP contribution in [0.4, 0.5) is 5.69 Å². The first-order valence-corrected chi connectivity index (χ1v) is 7.70. The predicted octanol–water partition coefficient (Wildman–Crippen LogP) is 1.13. The molecule has 0 spiro atoms. The fourth-order valence-electron chi connectivity index (χ4n) is 2.27. The molecular weight excluding hydrogens is 284 g/mol. The lowest BCUT2D eigenvalue weighted by Gasteiger charge is -2.34. The molecule has 110 valence electrons. The average Bonchev–Trinajstić information content (AvgIpc) is 2.41. The second kappa shape index (κ2) is 5.47. The SMILES string of the molecule is C[C@@H]1CC[C@@H](O)CN1S(=O)(=O)c1ccc([N+](=O)[O-])cc1. The summed E-state index contributed by atoms with van der Waals surface area (Å²) in [7, 11) is -3.74. The molecule has 1 heterocycles. The number of hydrogen-bond acceptors (Lipinski definition) is 5. The first kappa shape index (κ1) is 14.9. The van der Waals surface area contributed by atoms with E-state index in [4.69, 9.17) is 0 Å². The summed E-state index contributed by atoms with van der Waals surface area (Å²) in [5, 5.41) is 20.2. The third-order valence-corrected chi connectivity index (χ3v) is 5.45. The van der Waals surface area contributed by atoms with Crippen molar-refractivity contribution in [2.45, 2.75) is 36.8 Å². The maximum atomic E-state index is 12.5. The number of aliphatic hydroxyl groups excluding tert-OH is 1. The van der Waals surface area contributed by atoms with E-state index in [1.54, 1.807) is 6.92 Å². The Morgan fingerprint density at radius 3 is 2.45 bits per heavy atom. The van der Waals surface area contributed by atoms with Crippen LogP contribution in [-0.4, -0.2) is 41.4 Å². The van der Waals surface area contributed by atoms with E-state index >= 15 is 0 Å². The molecular formula is C12H16N2O5S. The minimum atomic E-state index is -3.74. The molecule has 0 aromatic heterocycles. The molecule has 1 aromatic rings. The molecule has 0 unspecified atom stereocenters. The fraction of sp³-hybridized carbons (Fsp3) is 0.500. The van der Waals surface area contributed by atoms with Crippen molar-refractivity contribution in [2.75, 3.05) is 6.54 Å². The van der Waals surface area contributed by atoms with Gasteiger partial charge in [-0.3, -0.25) is 10.1 Å². The summed E-state index contributed by atoms with van der Waals surface area (Å²) >= 11 is 0. The zero-order valence-electron chi connectivity index (χ0n) is 11.0. The van der Waals surface area contributed by atoms with Gasteiger partial charge in [0.25, 0.3) is 5.69 Å². The van der Waals surface area contributed by atoms with Crippen LogP contribution in [0, 0.1) is 10.1 Å². The van der Waals surface area contributed by atoms with E-state index in [-0.39, 0.29) is 23.2 Å². The first-order valence-electron chi connectivity index (χ1n) is 6.26. The summed E-state index contributed by atoms with van der Waals surface area (Å²) in [6, 6.07) is 4.58. The summed E-state index contributed by atoms with van der Waals surface area (Å²) in [4.78, 5) is 10.00. The highest BCUT2D eigenvalue weighted by Crippen LogP contribution is 2.26. The molecule has 1 aliphatic rings. The minimum Gasteiger partial charge on any atom is -0.392 e. The number of sulfonamides is 1. The van der Waals surface area contributed by atoms with Crippen LogP contribution in [0.5, 0.6) is 0 Å². The predicted molar refractivity (Wildman–Crippen MR) is 71.7 cm³/mol. The van der Waals surface area contributed by atoms with Gasteiger partial charge >= 0.3 is 0 Å². The Labute approximate surface area is 117 Å². The molecule has 1 aliphatic heterocycles. The molecule has 1 N–H and O–H groups in total. The quantitative estimate of drug-likeness (QED) is 0.666. The molecule has 0 radical (unpaired) electrons. The van der Waals surface area contributed by atoms with Crippen molar-refractivity contribution in [3.8, 4) is 0 Å². The monoisotopic (exact) mass is 300 g/mol. The number of hydrogen-bond donors (Lipinski definition) is 1. The minimum absolute atomic E-state index is 0.00375. The van der Waals surface area contributed by atoms with Crippen LogP contribution < -0.4 is 0 Å². The van der Waals surface area contributed by atoms with E-state index in [1.165, 1.54) is 16.4 Å². The number of rotatable bonds is 3. The Morgan fingerprint density at radius 2 is 1.90 bits per heavy atom. The van der Waals surface area contributed by atoms with Gasteiger partial charge in [-0.1, -0.05) is 0 Å². The van der Waals surface area contributed by atoms with Gasteiger partial charge in [-0.05, 0) is 31.9 Å². The molecule has 20 heavy (non-hydrogen) atoms. The van der Waals surface area contributed by atoms with Crippen LogP contribution in [0.1, 0.15) is 19.8 Å². The lowest BCUT2D eigenvalue weighted by molar-refractivity contribution is -0.384. The third-order valence-electron chi connectivity index (χ3n) is 3.45. The van der Waals surface area contributed by atoms with Gasteiger partial charge in [0, 0.05) is 24.7 Å². The number of benzene rings is 1. The van der Waals surface area contributed by atoms with E-state index in [2.05, 4.69) is 0 Å². The highest BCUT2D eigenvalue weighted by atomic mass is 32.2. The number of nitro groups is 1. The van der Waals surface area contributed by atoms with Gasteiger partial charge in [0.15, 0.2) is 0 Å². The van der Waals surface area contributed by atoms with Crippen molar-refractivity contribution in [3.05, 3.63) is 34.4 Å². The van der Waals surface area contributed by atoms with Crippen molar-refractivity contribution >= 4 is 15.7 Å². The summed E-state index contributed by atoms with van der Waals surface area (Å²) in [5.41, 5.74) is -0.157. The van der Waals surface area contributed by atoms with Gasteiger partial charge in [0.05, 0.1) is 15.9 Å². The number of nitro benzene ring substituents is 1. The number of β-amino-alcohol motifs (C(OH)–C–C–N with tert-alkyl or cyclic N) is 1. The number of non-ortho nitro benzene ring substituents is 1. The van der Waals surface area contributed by atoms with Crippen molar-refractivity contribution in [1.29, 1.82) is 0 Å². The van der Waals surface area contributed by atoms with Crippen LogP contribution >= 0.6 is 0 Å². The zero-order valence-corrected chi connectivity index (χ0v) is 11.8. The van der Waals surface area contributed by atoms with E-state index < -0.39 is 21.1 Å². The molecule has 1 aromatic carbocycles. The lowest BCUT2D eigenvalue weighted by atomic mass is 10.0. The molecule has 2 rings (SSSR count). The van der Waals surface area contributed by atoms with E-state index in [9.17, 15) is 23.6 Å². The largest absolute Gasteiger partial charge is 0.392 e. The van der Waals surface area contributed by atoms with Gasteiger partial charge in [0.1, 0.15) is 0 Å². The highest BCUT2D eigenvalue weighted by molar-refractivity contribution is 7.89. The average molecular weight is 300 g/mol. The number of aliphatic hydroxyl groups is 1. The molecule has 0 saturated carbocycles. The van der Waals surface area contributed by atoms with Gasteiger partial charge in [-0.15, -0.1) is 0 Å². The maximum absolute atomic E-state index is 12.5. The third kappa shape index (κ3) is 2.82. The van der Waals surface area contributed by atoms with Crippen molar-refractivity contribution < 1.29 is 18.4 Å².